The Kier molecular flexibility index (Phi) is 3.21. The summed E-state index contributed by atoms with van der Waals surface area (Å²) in [5, 5.41) is 3.39. The number of rotatable bonds is 2. The fourth-order valence-corrected chi connectivity index (χ4v) is 2.59. The zero-order valence-corrected chi connectivity index (χ0v) is 11.6. The molecular weight excluding hydrogens is 298 g/mol. The Morgan fingerprint density at radius 1 is 1.30 bits per heavy atom. The summed E-state index contributed by atoms with van der Waals surface area (Å²) in [5.74, 6) is 0.0625. The number of nitrogens with two attached hydrogens (primary N) is 1. The molecule has 3 rings (SSSR count). The van der Waals surface area contributed by atoms with Gasteiger partial charge in [-0.05, 0) is 18.2 Å². The molecule has 0 saturated carbocycles. The highest BCUT2D eigenvalue weighted by atomic mass is 35.5. The minimum atomic E-state index is -0.284. The van der Waals surface area contributed by atoms with Gasteiger partial charge in [-0.15, -0.1) is 0 Å². The van der Waals surface area contributed by atoms with Crippen LogP contribution < -0.4 is 11.1 Å². The first kappa shape index (κ1) is 12.8. The van der Waals surface area contributed by atoms with Crippen molar-refractivity contribution < 1.29 is 4.79 Å². The highest BCUT2D eigenvalue weighted by molar-refractivity contribution is 7.22. The smallest absolute Gasteiger partial charge is 0.256 e. The van der Waals surface area contributed by atoms with E-state index in [9.17, 15) is 4.79 Å². The van der Waals surface area contributed by atoms with Gasteiger partial charge in [0, 0.05) is 11.6 Å². The van der Waals surface area contributed by atoms with Gasteiger partial charge in [0.2, 0.25) is 0 Å². The van der Waals surface area contributed by atoms with Gasteiger partial charge in [-0.3, -0.25) is 4.79 Å². The number of fused-ring (bicyclic) bond motifs is 1. The molecule has 0 aliphatic carbocycles. The number of aromatic nitrogens is 3. The van der Waals surface area contributed by atoms with E-state index >= 15 is 0 Å². The maximum atomic E-state index is 12.1. The first-order valence-electron chi connectivity index (χ1n) is 5.57. The lowest BCUT2D eigenvalue weighted by Gasteiger charge is -2.04. The van der Waals surface area contributed by atoms with Crippen molar-refractivity contribution in [1.82, 2.24) is 15.0 Å². The summed E-state index contributed by atoms with van der Waals surface area (Å²) >= 11 is 7.06. The van der Waals surface area contributed by atoms with Gasteiger partial charge in [-0.25, -0.2) is 15.0 Å². The van der Waals surface area contributed by atoms with Crippen LogP contribution in [0.25, 0.3) is 10.2 Å². The molecule has 100 valence electrons. The molecule has 0 spiro atoms. The number of benzene rings is 1. The van der Waals surface area contributed by atoms with Crippen LogP contribution in [0.5, 0.6) is 0 Å². The summed E-state index contributed by atoms with van der Waals surface area (Å²) in [4.78, 5) is 23.9. The van der Waals surface area contributed by atoms with Gasteiger partial charge in [0.15, 0.2) is 5.13 Å². The molecular formula is C12H8ClN5OS. The Bertz CT molecular complexity index is 803. The van der Waals surface area contributed by atoms with Crippen molar-refractivity contribution in [1.29, 1.82) is 0 Å². The minimum absolute atomic E-state index is 0.265. The quantitative estimate of drug-likeness (QED) is 0.710. The van der Waals surface area contributed by atoms with Crippen LogP contribution in [0.15, 0.2) is 30.6 Å². The van der Waals surface area contributed by atoms with E-state index in [1.165, 1.54) is 23.7 Å². The molecule has 20 heavy (non-hydrogen) atoms. The number of nitrogens with zero attached hydrogens (tertiary/aromatic N) is 3. The Balaban J connectivity index is 1.88. The summed E-state index contributed by atoms with van der Waals surface area (Å²) in [6.07, 6.45) is 1.28. The molecule has 0 bridgehead atoms. The molecule has 0 unspecified atom stereocenters. The number of halogens is 1. The van der Waals surface area contributed by atoms with Crippen LogP contribution in [0, 0.1) is 0 Å². The summed E-state index contributed by atoms with van der Waals surface area (Å²) in [5.41, 5.74) is 6.90. The van der Waals surface area contributed by atoms with Crippen LogP contribution in [0.3, 0.4) is 0 Å². The molecule has 0 aliphatic rings. The van der Waals surface area contributed by atoms with E-state index in [1.54, 1.807) is 18.2 Å². The van der Waals surface area contributed by atoms with Crippen LogP contribution in [-0.4, -0.2) is 20.9 Å². The van der Waals surface area contributed by atoms with Crippen LogP contribution in [0.4, 0.5) is 10.9 Å². The van der Waals surface area contributed by atoms with Crippen molar-refractivity contribution in [2.75, 3.05) is 11.1 Å². The number of nitrogen functional groups attached to an aromatic ring is 1. The molecule has 8 heteroatoms. The van der Waals surface area contributed by atoms with Gasteiger partial charge in [0.1, 0.15) is 17.3 Å². The highest BCUT2D eigenvalue weighted by Crippen LogP contribution is 2.24. The zero-order valence-electron chi connectivity index (χ0n) is 10.0. The van der Waals surface area contributed by atoms with Gasteiger partial charge >= 0.3 is 0 Å². The molecule has 2 heterocycles. The third-order valence-electron chi connectivity index (χ3n) is 2.54. The number of hydrogen-bond donors (Lipinski definition) is 2. The minimum Gasteiger partial charge on any atom is -0.375 e. The standard InChI is InChI=1S/C12H8ClN5OS/c13-9-4-10(16-5-15-9)18-11(19)6-1-2-7-8(3-6)20-12(14)17-7/h1-5H,(H2,14,17)(H,15,16,18,19). The molecule has 2 aromatic heterocycles. The van der Waals surface area contributed by atoms with Crippen molar-refractivity contribution >= 4 is 50.0 Å². The van der Waals surface area contributed by atoms with Crippen molar-refractivity contribution in [3.8, 4) is 0 Å². The fraction of sp³-hybridized carbons (Fsp3) is 0. The molecule has 3 N–H and O–H groups in total. The number of anilines is 2. The molecule has 0 atom stereocenters. The molecule has 0 fully saturated rings. The zero-order chi connectivity index (χ0) is 14.1. The summed E-state index contributed by atoms with van der Waals surface area (Å²) in [6.45, 7) is 0. The van der Waals surface area contributed by atoms with Gasteiger partial charge in [-0.2, -0.15) is 0 Å². The lowest BCUT2D eigenvalue weighted by Crippen LogP contribution is -2.12. The number of carbonyl (C=O) groups excluding carboxylic acids is 1. The molecule has 3 aromatic rings. The second kappa shape index (κ2) is 5.03. The van der Waals surface area contributed by atoms with E-state index in [4.69, 9.17) is 17.3 Å². The average molecular weight is 306 g/mol. The van der Waals surface area contributed by atoms with E-state index in [0.717, 1.165) is 10.2 Å². The monoisotopic (exact) mass is 305 g/mol. The predicted molar refractivity (Wildman–Crippen MR) is 79.0 cm³/mol. The number of thiazole rings is 1. The summed E-state index contributed by atoms with van der Waals surface area (Å²) < 4.78 is 0.857. The number of carbonyl (C=O) groups is 1. The second-order valence-corrected chi connectivity index (χ2v) is 5.36. The molecule has 1 aromatic carbocycles. The molecule has 0 aliphatic heterocycles. The number of amides is 1. The summed E-state index contributed by atoms with van der Waals surface area (Å²) in [7, 11) is 0. The van der Waals surface area contributed by atoms with Crippen molar-refractivity contribution in [3.63, 3.8) is 0 Å². The van der Waals surface area contributed by atoms with E-state index in [1.807, 2.05) is 0 Å². The molecule has 0 saturated heterocycles. The fourth-order valence-electron chi connectivity index (χ4n) is 1.67. The van der Waals surface area contributed by atoms with Crippen LogP contribution in [0.2, 0.25) is 5.15 Å². The number of hydrogen-bond acceptors (Lipinski definition) is 6. The third-order valence-corrected chi connectivity index (χ3v) is 3.60. The normalized spacial score (nSPS) is 10.7. The van der Waals surface area contributed by atoms with Crippen LogP contribution in [0.1, 0.15) is 10.4 Å². The number of nitrogens with one attached hydrogen (secondary N) is 1. The maximum absolute atomic E-state index is 12.1. The lowest BCUT2D eigenvalue weighted by atomic mass is 10.2. The van der Waals surface area contributed by atoms with Crippen molar-refractivity contribution in [2.45, 2.75) is 0 Å². The van der Waals surface area contributed by atoms with Crippen LogP contribution >= 0.6 is 22.9 Å². The Hall–Kier alpha value is -2.25. The lowest BCUT2D eigenvalue weighted by molar-refractivity contribution is 0.102. The molecule has 0 radical (unpaired) electrons. The van der Waals surface area contributed by atoms with E-state index in [0.29, 0.717) is 16.5 Å². The Morgan fingerprint density at radius 2 is 2.15 bits per heavy atom. The maximum Gasteiger partial charge on any atom is 0.256 e. The summed E-state index contributed by atoms with van der Waals surface area (Å²) in [6, 6.07) is 6.65. The largest absolute Gasteiger partial charge is 0.375 e. The third kappa shape index (κ3) is 2.54. The van der Waals surface area contributed by atoms with Gasteiger partial charge in [0.05, 0.1) is 10.2 Å². The topological polar surface area (TPSA) is 93.8 Å². The Labute approximate surface area is 122 Å². The SMILES string of the molecule is Nc1nc2ccc(C(=O)Nc3cc(Cl)ncn3)cc2s1. The first-order chi connectivity index (χ1) is 9.61. The van der Waals surface area contributed by atoms with Gasteiger partial charge in [-0.1, -0.05) is 22.9 Å². The van der Waals surface area contributed by atoms with Gasteiger partial charge in [0.25, 0.3) is 5.91 Å². The van der Waals surface area contributed by atoms with Crippen molar-refractivity contribution in [2.24, 2.45) is 0 Å². The molecule has 6 nitrogen and oxygen atoms in total. The predicted octanol–water partition coefficient (Wildman–Crippen LogP) is 2.57. The van der Waals surface area contributed by atoms with E-state index in [2.05, 4.69) is 20.3 Å². The van der Waals surface area contributed by atoms with E-state index in [-0.39, 0.29) is 11.1 Å². The molecule has 1 amide bonds. The van der Waals surface area contributed by atoms with E-state index < -0.39 is 0 Å². The van der Waals surface area contributed by atoms with Crippen LogP contribution in [-0.2, 0) is 0 Å². The highest BCUT2D eigenvalue weighted by Gasteiger charge is 2.10. The van der Waals surface area contributed by atoms with Gasteiger partial charge < -0.3 is 11.1 Å². The average Bonchev–Trinajstić information content (AvgIpc) is 2.77. The second-order valence-electron chi connectivity index (χ2n) is 3.91. The first-order valence-corrected chi connectivity index (χ1v) is 6.76. The van der Waals surface area contributed by atoms with Crippen molar-refractivity contribution in [3.05, 3.63) is 41.3 Å². The Morgan fingerprint density at radius 3 is 2.95 bits per heavy atom.